The first kappa shape index (κ1) is 22.4. The van der Waals surface area contributed by atoms with Crippen LogP contribution in [-0.4, -0.2) is 41.9 Å². The number of nitrogens with zero attached hydrogens (tertiary/aromatic N) is 2. The average Bonchev–Trinajstić information content (AvgIpc) is 2.78. The fourth-order valence-electron chi connectivity index (χ4n) is 3.89. The Morgan fingerprint density at radius 3 is 2.55 bits per heavy atom. The van der Waals surface area contributed by atoms with Gasteiger partial charge in [0.2, 0.25) is 11.8 Å². The van der Waals surface area contributed by atoms with Crippen molar-refractivity contribution in [1.82, 2.24) is 9.80 Å². The van der Waals surface area contributed by atoms with Gasteiger partial charge in [-0.05, 0) is 48.7 Å². The summed E-state index contributed by atoms with van der Waals surface area (Å²) in [5.74, 6) is 1.25. The molecule has 0 saturated heterocycles. The molecule has 1 aliphatic rings. The van der Waals surface area contributed by atoms with E-state index in [2.05, 4.69) is 0 Å². The van der Waals surface area contributed by atoms with E-state index in [9.17, 15) is 9.59 Å². The molecule has 1 atom stereocenters. The molecule has 1 unspecified atom stereocenters. The molecule has 2 aromatic carbocycles. The third-order valence-electron chi connectivity index (χ3n) is 5.47. The number of carbonyl (C=O) groups excluding carboxylic acids is 2. The van der Waals surface area contributed by atoms with Crippen LogP contribution in [0.1, 0.15) is 49.9 Å². The minimum atomic E-state index is -0.310. The van der Waals surface area contributed by atoms with E-state index in [0.717, 1.165) is 16.7 Å². The van der Waals surface area contributed by atoms with Gasteiger partial charge in [-0.1, -0.05) is 30.3 Å². The standard InChI is InChI=1S/C25H30N2O4/c1-5-26(17-19-11-12-23(31-6-2)24(15-19)30-4)25(29)16-22-21-10-8-7-9-20(21)13-14-27(22)18(3)28/h7-15,22H,5-6,16-17H2,1-4H3. The molecule has 0 aliphatic carbocycles. The molecule has 0 bridgehead atoms. The first-order valence-corrected chi connectivity index (χ1v) is 10.6. The smallest absolute Gasteiger partial charge is 0.225 e. The Morgan fingerprint density at radius 1 is 1.10 bits per heavy atom. The second-order valence-electron chi connectivity index (χ2n) is 7.42. The van der Waals surface area contributed by atoms with Gasteiger partial charge in [-0.3, -0.25) is 9.59 Å². The number of ether oxygens (including phenoxy) is 2. The van der Waals surface area contributed by atoms with Gasteiger partial charge in [-0.15, -0.1) is 0 Å². The Hall–Kier alpha value is -3.28. The molecule has 6 nitrogen and oxygen atoms in total. The van der Waals surface area contributed by atoms with Gasteiger partial charge in [0.25, 0.3) is 0 Å². The Kier molecular flexibility index (Phi) is 7.34. The van der Waals surface area contributed by atoms with E-state index in [1.807, 2.05) is 62.4 Å². The van der Waals surface area contributed by atoms with E-state index in [4.69, 9.17) is 9.47 Å². The van der Waals surface area contributed by atoms with E-state index in [1.165, 1.54) is 6.92 Å². The first-order valence-electron chi connectivity index (χ1n) is 10.6. The van der Waals surface area contributed by atoms with E-state index in [0.29, 0.717) is 31.2 Å². The highest BCUT2D eigenvalue weighted by Gasteiger charge is 2.29. The lowest BCUT2D eigenvalue weighted by atomic mass is 9.93. The van der Waals surface area contributed by atoms with Gasteiger partial charge in [0, 0.05) is 26.2 Å². The molecule has 164 valence electrons. The molecule has 31 heavy (non-hydrogen) atoms. The van der Waals surface area contributed by atoms with Crippen LogP contribution in [0, 0.1) is 0 Å². The van der Waals surface area contributed by atoms with Crippen LogP contribution in [-0.2, 0) is 16.1 Å². The van der Waals surface area contributed by atoms with Gasteiger partial charge in [0.05, 0.1) is 26.2 Å². The largest absolute Gasteiger partial charge is 0.493 e. The molecule has 0 spiro atoms. The van der Waals surface area contributed by atoms with Crippen LogP contribution in [0.3, 0.4) is 0 Å². The van der Waals surface area contributed by atoms with Crippen LogP contribution in [0.15, 0.2) is 48.7 Å². The molecule has 3 rings (SSSR count). The number of fused-ring (bicyclic) bond motifs is 1. The summed E-state index contributed by atoms with van der Waals surface area (Å²) >= 11 is 0. The summed E-state index contributed by atoms with van der Waals surface area (Å²) in [6.07, 6.45) is 3.92. The van der Waals surface area contributed by atoms with Crippen molar-refractivity contribution in [1.29, 1.82) is 0 Å². The molecule has 0 N–H and O–H groups in total. The summed E-state index contributed by atoms with van der Waals surface area (Å²) in [6.45, 7) is 6.99. The van der Waals surface area contributed by atoms with E-state index in [-0.39, 0.29) is 24.3 Å². The predicted molar refractivity (Wildman–Crippen MR) is 121 cm³/mol. The molecule has 0 aromatic heterocycles. The van der Waals surface area contributed by atoms with E-state index >= 15 is 0 Å². The summed E-state index contributed by atoms with van der Waals surface area (Å²) in [5, 5.41) is 0. The summed E-state index contributed by atoms with van der Waals surface area (Å²) in [7, 11) is 1.61. The van der Waals surface area contributed by atoms with Gasteiger partial charge in [0.15, 0.2) is 11.5 Å². The van der Waals surface area contributed by atoms with Crippen LogP contribution in [0.4, 0.5) is 0 Å². The average molecular weight is 423 g/mol. The molecule has 0 radical (unpaired) electrons. The van der Waals surface area contributed by atoms with Crippen molar-refractivity contribution in [3.05, 3.63) is 65.4 Å². The Balaban J connectivity index is 1.79. The first-order chi connectivity index (χ1) is 15.0. The van der Waals surface area contributed by atoms with Crippen LogP contribution >= 0.6 is 0 Å². The number of carbonyl (C=O) groups is 2. The second-order valence-corrected chi connectivity index (χ2v) is 7.42. The molecular formula is C25H30N2O4. The highest BCUT2D eigenvalue weighted by atomic mass is 16.5. The monoisotopic (exact) mass is 422 g/mol. The van der Waals surface area contributed by atoms with Crippen molar-refractivity contribution in [3.8, 4) is 11.5 Å². The Bertz CT molecular complexity index is 970. The van der Waals surface area contributed by atoms with Crippen LogP contribution in [0.5, 0.6) is 11.5 Å². The molecule has 1 aliphatic heterocycles. The van der Waals surface area contributed by atoms with Crippen molar-refractivity contribution >= 4 is 17.9 Å². The lowest BCUT2D eigenvalue weighted by Crippen LogP contribution is -2.37. The molecule has 2 aromatic rings. The van der Waals surface area contributed by atoms with Crippen molar-refractivity contribution < 1.29 is 19.1 Å². The quantitative estimate of drug-likeness (QED) is 0.632. The zero-order chi connectivity index (χ0) is 22.4. The maximum atomic E-state index is 13.3. The van der Waals surface area contributed by atoms with Crippen molar-refractivity contribution in [2.75, 3.05) is 20.3 Å². The van der Waals surface area contributed by atoms with Crippen molar-refractivity contribution in [2.24, 2.45) is 0 Å². The van der Waals surface area contributed by atoms with Crippen LogP contribution < -0.4 is 9.47 Å². The van der Waals surface area contributed by atoms with Gasteiger partial charge in [-0.2, -0.15) is 0 Å². The molecule has 1 heterocycles. The number of amides is 2. The molecule has 2 amide bonds. The highest BCUT2D eigenvalue weighted by molar-refractivity contribution is 5.82. The lowest BCUT2D eigenvalue weighted by molar-refractivity contribution is -0.135. The maximum Gasteiger partial charge on any atom is 0.225 e. The number of hydrogen-bond donors (Lipinski definition) is 0. The van der Waals surface area contributed by atoms with Crippen LogP contribution in [0.2, 0.25) is 0 Å². The summed E-state index contributed by atoms with van der Waals surface area (Å²) in [5.41, 5.74) is 2.99. The van der Waals surface area contributed by atoms with Gasteiger partial charge >= 0.3 is 0 Å². The zero-order valence-electron chi connectivity index (χ0n) is 18.6. The molecule has 0 fully saturated rings. The predicted octanol–water partition coefficient (Wildman–Crippen LogP) is 4.41. The van der Waals surface area contributed by atoms with Crippen molar-refractivity contribution in [3.63, 3.8) is 0 Å². The van der Waals surface area contributed by atoms with Gasteiger partial charge < -0.3 is 19.3 Å². The molecule has 0 saturated carbocycles. The number of rotatable bonds is 8. The zero-order valence-corrected chi connectivity index (χ0v) is 18.6. The lowest BCUT2D eigenvalue weighted by Gasteiger charge is -2.33. The fraction of sp³-hybridized carbons (Fsp3) is 0.360. The summed E-state index contributed by atoms with van der Waals surface area (Å²) in [6, 6.07) is 13.3. The SMILES string of the molecule is CCOc1ccc(CN(CC)C(=O)CC2c3ccccc3C=CN2C(C)=O)cc1OC. The van der Waals surface area contributed by atoms with E-state index < -0.39 is 0 Å². The fourth-order valence-corrected chi connectivity index (χ4v) is 3.89. The van der Waals surface area contributed by atoms with E-state index in [1.54, 1.807) is 23.1 Å². The third-order valence-corrected chi connectivity index (χ3v) is 5.47. The maximum absolute atomic E-state index is 13.3. The number of benzene rings is 2. The Labute approximate surface area is 184 Å². The minimum absolute atomic E-state index is 0.00305. The number of methoxy groups -OCH3 is 1. The van der Waals surface area contributed by atoms with Gasteiger partial charge in [0.1, 0.15) is 0 Å². The molecule has 6 heteroatoms. The summed E-state index contributed by atoms with van der Waals surface area (Å²) in [4.78, 5) is 28.9. The topological polar surface area (TPSA) is 59.1 Å². The molecular weight excluding hydrogens is 392 g/mol. The normalized spacial score (nSPS) is 14.7. The Morgan fingerprint density at radius 2 is 1.87 bits per heavy atom. The van der Waals surface area contributed by atoms with Crippen molar-refractivity contribution in [2.45, 2.75) is 39.8 Å². The summed E-state index contributed by atoms with van der Waals surface area (Å²) < 4.78 is 11.0. The highest BCUT2D eigenvalue weighted by Crippen LogP contribution is 2.34. The number of hydrogen-bond acceptors (Lipinski definition) is 4. The van der Waals surface area contributed by atoms with Gasteiger partial charge in [-0.25, -0.2) is 0 Å². The third kappa shape index (κ3) is 5.08. The minimum Gasteiger partial charge on any atom is -0.493 e. The second kappa shape index (κ2) is 10.2. The van der Waals surface area contributed by atoms with Crippen LogP contribution in [0.25, 0.3) is 6.08 Å².